The van der Waals surface area contributed by atoms with Crippen molar-refractivity contribution < 1.29 is 18.5 Å². The van der Waals surface area contributed by atoms with Gasteiger partial charge in [-0.2, -0.15) is 0 Å². The van der Waals surface area contributed by atoms with Gasteiger partial charge in [0.15, 0.2) is 0 Å². The summed E-state index contributed by atoms with van der Waals surface area (Å²) in [5.41, 5.74) is 0.688. The smallest absolute Gasteiger partial charge is 0.336 e. The first-order valence-electron chi connectivity index (χ1n) is 4.85. The van der Waals surface area contributed by atoms with Gasteiger partial charge < -0.3 is 13.9 Å². The molecule has 2 atom stereocenters. The van der Waals surface area contributed by atoms with E-state index in [0.29, 0.717) is 17.9 Å². The molecule has 1 N–H and O–H groups in total. The van der Waals surface area contributed by atoms with Gasteiger partial charge in [-0.15, -0.1) is 0 Å². The predicted molar refractivity (Wildman–Crippen MR) is 55.6 cm³/mol. The Morgan fingerprint density at radius 3 is 2.87 bits per heavy atom. The second-order valence-electron chi connectivity index (χ2n) is 3.55. The molecule has 2 unspecified atom stereocenters. The van der Waals surface area contributed by atoms with Crippen LogP contribution in [0.25, 0.3) is 0 Å². The molecular formula is C9H16NO4P. The van der Waals surface area contributed by atoms with Gasteiger partial charge in [-0.05, 0) is 20.3 Å². The summed E-state index contributed by atoms with van der Waals surface area (Å²) in [6.07, 6.45) is 0.336. The van der Waals surface area contributed by atoms with Crippen molar-refractivity contribution in [3.05, 3.63) is 17.5 Å². The van der Waals surface area contributed by atoms with Gasteiger partial charge in [-0.25, -0.2) is 0 Å². The molecule has 0 amide bonds. The van der Waals surface area contributed by atoms with E-state index in [4.69, 9.17) is 9.05 Å². The van der Waals surface area contributed by atoms with Gasteiger partial charge in [0.1, 0.15) is 11.9 Å². The minimum absolute atomic E-state index is 0.127. The molecule has 6 heteroatoms. The molecule has 1 aromatic heterocycles. The number of aromatic nitrogens is 1. The van der Waals surface area contributed by atoms with Crippen molar-refractivity contribution in [3.63, 3.8) is 0 Å². The summed E-state index contributed by atoms with van der Waals surface area (Å²) in [5, 5.41) is 3.64. The van der Waals surface area contributed by atoms with Crippen molar-refractivity contribution >= 4 is 7.60 Å². The first-order valence-corrected chi connectivity index (χ1v) is 6.61. The van der Waals surface area contributed by atoms with Gasteiger partial charge in [-0.1, -0.05) is 12.1 Å². The molecule has 1 rings (SSSR count). The van der Waals surface area contributed by atoms with E-state index < -0.39 is 7.60 Å². The van der Waals surface area contributed by atoms with Crippen LogP contribution in [0.1, 0.15) is 31.7 Å². The Morgan fingerprint density at radius 2 is 2.40 bits per heavy atom. The van der Waals surface area contributed by atoms with E-state index in [2.05, 4.69) is 5.16 Å². The van der Waals surface area contributed by atoms with Crippen molar-refractivity contribution in [2.45, 2.75) is 39.5 Å². The van der Waals surface area contributed by atoms with Crippen molar-refractivity contribution in [3.8, 4) is 0 Å². The molecule has 1 aromatic rings. The molecule has 0 saturated heterocycles. The van der Waals surface area contributed by atoms with Crippen molar-refractivity contribution in [1.29, 1.82) is 0 Å². The highest BCUT2D eigenvalue weighted by Crippen LogP contribution is 2.47. The fourth-order valence-electron chi connectivity index (χ4n) is 1.08. The van der Waals surface area contributed by atoms with Crippen LogP contribution in [0.5, 0.6) is 0 Å². The first-order chi connectivity index (χ1) is 6.93. The monoisotopic (exact) mass is 233 g/mol. The number of hydrogen-bond acceptors (Lipinski definition) is 4. The Hall–Kier alpha value is -0.640. The average Bonchev–Trinajstić information content (AvgIpc) is 2.49. The largest absolute Gasteiger partial charge is 0.360 e. The molecule has 86 valence electrons. The van der Waals surface area contributed by atoms with E-state index in [-0.39, 0.29) is 12.3 Å². The maximum absolute atomic E-state index is 11.6. The van der Waals surface area contributed by atoms with Crippen molar-refractivity contribution in [2.24, 2.45) is 0 Å². The van der Waals surface area contributed by atoms with Crippen LogP contribution in [0.4, 0.5) is 0 Å². The zero-order chi connectivity index (χ0) is 11.5. The summed E-state index contributed by atoms with van der Waals surface area (Å²) in [6, 6.07) is 1.63. The third-order valence-corrected chi connectivity index (χ3v) is 3.35. The molecule has 0 spiro atoms. The lowest BCUT2D eigenvalue weighted by atomic mass is 10.3. The fourth-order valence-corrected chi connectivity index (χ4v) is 2.41. The predicted octanol–water partition coefficient (Wildman–Crippen LogP) is 2.48. The van der Waals surface area contributed by atoms with Crippen LogP contribution in [0.2, 0.25) is 0 Å². The molecule has 15 heavy (non-hydrogen) atoms. The Balaban J connectivity index is 2.60. The number of hydrogen-bond donors (Lipinski definition) is 1. The molecule has 0 radical (unpaired) electrons. The topological polar surface area (TPSA) is 72.6 Å². The highest BCUT2D eigenvalue weighted by atomic mass is 31.2. The van der Waals surface area contributed by atoms with Crippen LogP contribution in [0, 0.1) is 6.92 Å². The number of nitrogens with zero attached hydrogens (tertiary/aromatic N) is 1. The lowest BCUT2D eigenvalue weighted by Crippen LogP contribution is -2.05. The van der Waals surface area contributed by atoms with Crippen LogP contribution >= 0.6 is 7.60 Å². The summed E-state index contributed by atoms with van der Waals surface area (Å²) < 4.78 is 21.5. The van der Waals surface area contributed by atoms with Crippen molar-refractivity contribution in [1.82, 2.24) is 5.16 Å². The van der Waals surface area contributed by atoms with E-state index >= 15 is 0 Å². The molecular weight excluding hydrogens is 217 g/mol. The molecule has 5 nitrogen and oxygen atoms in total. The average molecular weight is 233 g/mol. The van der Waals surface area contributed by atoms with Gasteiger partial charge in [0.25, 0.3) is 0 Å². The molecule has 0 fully saturated rings. The van der Waals surface area contributed by atoms with E-state index in [1.165, 1.54) is 0 Å². The molecule has 0 aliphatic rings. The summed E-state index contributed by atoms with van der Waals surface area (Å²) in [7, 11) is -3.61. The SMILES string of the molecule is CCC(C)OP(=O)(O)Cc1cc(C)no1. The van der Waals surface area contributed by atoms with E-state index in [1.807, 2.05) is 6.92 Å². The van der Waals surface area contributed by atoms with Gasteiger partial charge in [0, 0.05) is 6.07 Å². The third-order valence-electron chi connectivity index (χ3n) is 1.95. The minimum Gasteiger partial charge on any atom is -0.360 e. The zero-order valence-corrected chi connectivity index (χ0v) is 10.0. The molecule has 0 aliphatic heterocycles. The molecule has 0 bridgehead atoms. The second-order valence-corrected chi connectivity index (χ2v) is 5.36. The highest BCUT2D eigenvalue weighted by Gasteiger charge is 2.24. The third kappa shape index (κ3) is 4.16. The lowest BCUT2D eigenvalue weighted by Gasteiger charge is -2.15. The quantitative estimate of drug-likeness (QED) is 0.791. The Bertz CT molecular complexity index is 363. The second kappa shape index (κ2) is 4.92. The van der Waals surface area contributed by atoms with E-state index in [0.717, 1.165) is 0 Å². The van der Waals surface area contributed by atoms with Crippen LogP contribution in [0.3, 0.4) is 0 Å². The van der Waals surface area contributed by atoms with Gasteiger partial charge >= 0.3 is 7.60 Å². The maximum atomic E-state index is 11.6. The van der Waals surface area contributed by atoms with Crippen LogP contribution in [-0.2, 0) is 15.3 Å². The van der Waals surface area contributed by atoms with E-state index in [1.54, 1.807) is 19.9 Å². The first kappa shape index (κ1) is 12.4. The summed E-state index contributed by atoms with van der Waals surface area (Å²) >= 11 is 0. The maximum Gasteiger partial charge on any atom is 0.336 e. The summed E-state index contributed by atoms with van der Waals surface area (Å²) in [6.45, 7) is 5.41. The lowest BCUT2D eigenvalue weighted by molar-refractivity contribution is 0.183. The standard InChI is InChI=1S/C9H16NO4P/c1-4-8(3)14-15(11,12)6-9-5-7(2)10-13-9/h5,8H,4,6H2,1-3H3,(H,11,12). The number of rotatable bonds is 5. The van der Waals surface area contributed by atoms with E-state index in [9.17, 15) is 9.46 Å². The van der Waals surface area contributed by atoms with Gasteiger partial charge in [0.05, 0.1) is 11.8 Å². The molecule has 0 aliphatic carbocycles. The number of aryl methyl sites for hydroxylation is 1. The zero-order valence-electron chi connectivity index (χ0n) is 9.14. The molecule has 0 saturated carbocycles. The molecule has 0 aromatic carbocycles. The van der Waals surface area contributed by atoms with Gasteiger partial charge in [-0.3, -0.25) is 4.57 Å². The van der Waals surface area contributed by atoms with Crippen LogP contribution in [0.15, 0.2) is 10.6 Å². The Morgan fingerprint density at radius 1 is 1.73 bits per heavy atom. The summed E-state index contributed by atoms with van der Waals surface area (Å²) in [4.78, 5) is 9.52. The summed E-state index contributed by atoms with van der Waals surface area (Å²) in [5.74, 6) is 0.377. The van der Waals surface area contributed by atoms with Crippen molar-refractivity contribution in [2.75, 3.05) is 0 Å². The normalized spacial score (nSPS) is 17.3. The fraction of sp³-hybridized carbons (Fsp3) is 0.667. The van der Waals surface area contributed by atoms with Crippen LogP contribution in [-0.4, -0.2) is 16.2 Å². The Labute approximate surface area is 89.0 Å². The minimum atomic E-state index is -3.61. The van der Waals surface area contributed by atoms with Crippen LogP contribution < -0.4 is 0 Å². The Kier molecular flexibility index (Phi) is 4.08. The highest BCUT2D eigenvalue weighted by molar-refractivity contribution is 7.51. The van der Waals surface area contributed by atoms with Gasteiger partial charge in [0.2, 0.25) is 0 Å². The molecule has 1 heterocycles.